The number of furan rings is 1. The third-order valence-electron chi connectivity index (χ3n) is 2.63. The molecule has 1 aliphatic heterocycles. The summed E-state index contributed by atoms with van der Waals surface area (Å²) in [7, 11) is 1.65. The van der Waals surface area contributed by atoms with Gasteiger partial charge in [-0.05, 0) is 18.6 Å². The largest absolute Gasteiger partial charge is 0.462 e. The van der Waals surface area contributed by atoms with Gasteiger partial charge in [-0.25, -0.2) is 0 Å². The second-order valence-corrected chi connectivity index (χ2v) is 3.98. The van der Waals surface area contributed by atoms with Crippen LogP contribution < -0.4 is 0 Å². The van der Waals surface area contributed by atoms with Crippen molar-refractivity contribution >= 4 is 0 Å². The van der Waals surface area contributed by atoms with Crippen molar-refractivity contribution in [3.05, 3.63) is 23.7 Å². The summed E-state index contributed by atoms with van der Waals surface area (Å²) in [5, 5.41) is 9.37. The van der Waals surface area contributed by atoms with Gasteiger partial charge in [-0.15, -0.1) is 0 Å². The number of hydrogen-bond acceptors (Lipinski definition) is 4. The van der Waals surface area contributed by atoms with Gasteiger partial charge < -0.3 is 14.3 Å². The van der Waals surface area contributed by atoms with Gasteiger partial charge in [0.05, 0.1) is 12.6 Å². The lowest BCUT2D eigenvalue weighted by Gasteiger charge is -2.12. The average Bonchev–Trinajstić information content (AvgIpc) is 2.78. The predicted molar refractivity (Wildman–Crippen MR) is 55.3 cm³/mol. The van der Waals surface area contributed by atoms with Crippen molar-refractivity contribution in [2.45, 2.75) is 25.7 Å². The van der Waals surface area contributed by atoms with E-state index in [-0.39, 0.29) is 6.10 Å². The molecule has 0 bridgehead atoms. The number of β-amino-alcohol motifs (C(OH)–C–C–N with tert-alkyl or cyclic N) is 1. The smallest absolute Gasteiger partial charge is 0.129 e. The summed E-state index contributed by atoms with van der Waals surface area (Å²) in [6.07, 6.45) is 0.699. The molecule has 0 amide bonds. The minimum absolute atomic E-state index is 0.168. The number of likely N-dealkylation sites (tertiary alicyclic amines) is 1. The lowest BCUT2D eigenvalue weighted by atomic mass is 10.3. The fourth-order valence-corrected chi connectivity index (χ4v) is 1.90. The molecule has 1 fully saturated rings. The molecule has 0 aromatic carbocycles. The van der Waals surface area contributed by atoms with Crippen LogP contribution >= 0.6 is 0 Å². The Morgan fingerprint density at radius 1 is 1.53 bits per heavy atom. The first-order chi connectivity index (χ1) is 7.28. The molecule has 2 heterocycles. The molecule has 84 valence electrons. The number of ether oxygens (including phenoxy) is 1. The van der Waals surface area contributed by atoms with Gasteiger partial charge in [0.1, 0.15) is 18.1 Å². The molecule has 0 unspecified atom stereocenters. The van der Waals surface area contributed by atoms with Crippen LogP contribution in [-0.4, -0.2) is 36.3 Å². The van der Waals surface area contributed by atoms with E-state index in [0.29, 0.717) is 6.61 Å². The Bertz CT molecular complexity index is 311. The Morgan fingerprint density at radius 3 is 3.00 bits per heavy atom. The maximum atomic E-state index is 9.37. The van der Waals surface area contributed by atoms with Gasteiger partial charge in [-0.3, -0.25) is 4.90 Å². The molecule has 1 saturated heterocycles. The summed E-state index contributed by atoms with van der Waals surface area (Å²) in [4.78, 5) is 2.19. The Kier molecular flexibility index (Phi) is 3.41. The van der Waals surface area contributed by atoms with Crippen molar-refractivity contribution in [3.8, 4) is 0 Å². The normalized spacial score (nSPS) is 22.4. The van der Waals surface area contributed by atoms with Crippen LogP contribution in [-0.2, 0) is 17.9 Å². The molecule has 1 N–H and O–H groups in total. The summed E-state index contributed by atoms with van der Waals surface area (Å²) in [5.74, 6) is 1.79. The first-order valence-electron chi connectivity index (χ1n) is 5.25. The topological polar surface area (TPSA) is 45.8 Å². The summed E-state index contributed by atoms with van der Waals surface area (Å²) in [6.45, 7) is 2.99. The van der Waals surface area contributed by atoms with E-state index in [1.807, 2.05) is 12.1 Å². The van der Waals surface area contributed by atoms with Crippen molar-refractivity contribution in [2.24, 2.45) is 0 Å². The van der Waals surface area contributed by atoms with Crippen molar-refractivity contribution in [1.29, 1.82) is 0 Å². The second kappa shape index (κ2) is 4.79. The van der Waals surface area contributed by atoms with Crippen LogP contribution in [0.15, 0.2) is 16.5 Å². The summed E-state index contributed by atoms with van der Waals surface area (Å²) < 4.78 is 10.6. The number of nitrogens with zero attached hydrogens (tertiary/aromatic N) is 1. The zero-order chi connectivity index (χ0) is 10.7. The summed E-state index contributed by atoms with van der Waals surface area (Å²) in [5.41, 5.74) is 0. The Labute approximate surface area is 89.4 Å². The minimum atomic E-state index is -0.168. The van der Waals surface area contributed by atoms with Crippen molar-refractivity contribution < 1.29 is 14.3 Å². The van der Waals surface area contributed by atoms with Crippen molar-refractivity contribution in [1.82, 2.24) is 4.90 Å². The summed E-state index contributed by atoms with van der Waals surface area (Å²) >= 11 is 0. The second-order valence-electron chi connectivity index (χ2n) is 3.98. The molecular formula is C11H17NO3. The third-order valence-corrected chi connectivity index (χ3v) is 2.63. The molecule has 1 aliphatic rings. The van der Waals surface area contributed by atoms with Crippen molar-refractivity contribution in [3.63, 3.8) is 0 Å². The highest BCUT2D eigenvalue weighted by Crippen LogP contribution is 2.15. The highest BCUT2D eigenvalue weighted by Gasteiger charge is 2.20. The van der Waals surface area contributed by atoms with E-state index < -0.39 is 0 Å². The van der Waals surface area contributed by atoms with E-state index in [2.05, 4.69) is 4.90 Å². The fourth-order valence-electron chi connectivity index (χ4n) is 1.90. The highest BCUT2D eigenvalue weighted by molar-refractivity contribution is 5.06. The van der Waals surface area contributed by atoms with E-state index in [9.17, 15) is 5.11 Å². The van der Waals surface area contributed by atoms with Gasteiger partial charge in [-0.1, -0.05) is 0 Å². The van der Waals surface area contributed by atoms with Gasteiger partial charge in [-0.2, -0.15) is 0 Å². The minimum Gasteiger partial charge on any atom is -0.462 e. The number of aliphatic hydroxyl groups excluding tert-OH is 1. The Hall–Kier alpha value is -0.840. The molecule has 1 atom stereocenters. The molecule has 4 heteroatoms. The van der Waals surface area contributed by atoms with Crippen LogP contribution in [0.4, 0.5) is 0 Å². The van der Waals surface area contributed by atoms with Crippen LogP contribution in [0.5, 0.6) is 0 Å². The first-order valence-corrected chi connectivity index (χ1v) is 5.25. The number of methoxy groups -OCH3 is 1. The zero-order valence-electron chi connectivity index (χ0n) is 8.98. The third kappa shape index (κ3) is 2.81. The average molecular weight is 211 g/mol. The van der Waals surface area contributed by atoms with Gasteiger partial charge in [0.15, 0.2) is 0 Å². The lowest BCUT2D eigenvalue weighted by Crippen LogP contribution is -2.21. The van der Waals surface area contributed by atoms with Crippen LogP contribution in [0.1, 0.15) is 17.9 Å². The SMILES string of the molecule is COCc1ccc(CN2CC[C@@H](O)C2)o1. The molecule has 1 aromatic rings. The van der Waals surface area contributed by atoms with Crippen LogP contribution in [0.2, 0.25) is 0 Å². The predicted octanol–water partition coefficient (Wildman–Crippen LogP) is 0.993. The van der Waals surface area contributed by atoms with E-state index >= 15 is 0 Å². The number of rotatable bonds is 4. The van der Waals surface area contributed by atoms with Crippen LogP contribution in [0, 0.1) is 0 Å². The van der Waals surface area contributed by atoms with E-state index in [1.165, 1.54) is 0 Å². The lowest BCUT2D eigenvalue weighted by molar-refractivity contribution is 0.156. The quantitative estimate of drug-likeness (QED) is 0.806. The molecular weight excluding hydrogens is 194 g/mol. The molecule has 1 aromatic heterocycles. The van der Waals surface area contributed by atoms with Crippen LogP contribution in [0.25, 0.3) is 0 Å². The molecule has 0 spiro atoms. The van der Waals surface area contributed by atoms with Crippen molar-refractivity contribution in [2.75, 3.05) is 20.2 Å². The van der Waals surface area contributed by atoms with E-state index in [0.717, 1.165) is 37.6 Å². The molecule has 0 radical (unpaired) electrons. The molecule has 0 saturated carbocycles. The van der Waals surface area contributed by atoms with Gasteiger partial charge in [0.25, 0.3) is 0 Å². The van der Waals surface area contributed by atoms with Gasteiger partial charge >= 0.3 is 0 Å². The van der Waals surface area contributed by atoms with E-state index in [1.54, 1.807) is 7.11 Å². The standard InChI is InChI=1S/C11H17NO3/c1-14-8-11-3-2-10(15-11)7-12-5-4-9(13)6-12/h2-3,9,13H,4-8H2,1H3/t9-/m1/s1. The van der Waals surface area contributed by atoms with E-state index in [4.69, 9.17) is 9.15 Å². The summed E-state index contributed by atoms with van der Waals surface area (Å²) in [6, 6.07) is 3.91. The maximum Gasteiger partial charge on any atom is 0.129 e. The Balaban J connectivity index is 1.87. The van der Waals surface area contributed by atoms with Gasteiger partial charge in [0.2, 0.25) is 0 Å². The number of hydrogen-bond donors (Lipinski definition) is 1. The molecule has 4 nitrogen and oxygen atoms in total. The molecule has 0 aliphatic carbocycles. The van der Waals surface area contributed by atoms with Crippen LogP contribution in [0.3, 0.4) is 0 Å². The monoisotopic (exact) mass is 211 g/mol. The molecule has 2 rings (SSSR count). The molecule has 15 heavy (non-hydrogen) atoms. The fraction of sp³-hybridized carbons (Fsp3) is 0.636. The first kappa shape index (κ1) is 10.7. The maximum absolute atomic E-state index is 9.37. The highest BCUT2D eigenvalue weighted by atomic mass is 16.5. The number of aliphatic hydroxyl groups is 1. The Morgan fingerprint density at radius 2 is 2.33 bits per heavy atom. The zero-order valence-corrected chi connectivity index (χ0v) is 8.98. The van der Waals surface area contributed by atoms with Gasteiger partial charge in [0, 0.05) is 20.2 Å².